The van der Waals surface area contributed by atoms with Gasteiger partial charge < -0.3 is 14.9 Å². The van der Waals surface area contributed by atoms with Gasteiger partial charge in [-0.2, -0.15) is 0 Å². The smallest absolute Gasteiger partial charge is 0.133 e. The molecule has 0 radical (unpaired) electrons. The average Bonchev–Trinajstić information content (AvgIpc) is 2.52. The van der Waals surface area contributed by atoms with Crippen LogP contribution in [0.1, 0.15) is 11.1 Å². The van der Waals surface area contributed by atoms with Gasteiger partial charge >= 0.3 is 0 Å². The zero-order chi connectivity index (χ0) is 14.8. The maximum absolute atomic E-state index is 14.1. The normalized spacial score (nSPS) is 14.2. The number of rotatable bonds is 4. The summed E-state index contributed by atoms with van der Waals surface area (Å²) < 4.78 is 19.6. The highest BCUT2D eigenvalue weighted by Gasteiger charge is 2.23. The Bertz CT molecular complexity index is 660. The molecule has 0 bridgehead atoms. The van der Waals surface area contributed by atoms with Crippen molar-refractivity contribution in [2.75, 3.05) is 13.2 Å². The van der Waals surface area contributed by atoms with Gasteiger partial charge in [0, 0.05) is 16.9 Å². The van der Waals surface area contributed by atoms with Crippen LogP contribution < -0.4 is 4.74 Å². The number of halogens is 1. The summed E-state index contributed by atoms with van der Waals surface area (Å²) in [5.74, 6) is 0.292. The lowest BCUT2D eigenvalue weighted by Gasteiger charge is -2.22. The summed E-state index contributed by atoms with van der Waals surface area (Å²) in [5, 5.41) is 18.2. The molecular formula is C16H15FO3S. The van der Waals surface area contributed by atoms with E-state index in [0.29, 0.717) is 17.7 Å². The van der Waals surface area contributed by atoms with E-state index in [9.17, 15) is 9.50 Å². The van der Waals surface area contributed by atoms with E-state index in [4.69, 9.17) is 9.84 Å². The molecule has 2 N–H and O–H groups in total. The van der Waals surface area contributed by atoms with Crippen molar-refractivity contribution in [3.63, 3.8) is 0 Å². The quantitative estimate of drug-likeness (QED) is 0.778. The van der Waals surface area contributed by atoms with Crippen LogP contribution in [0, 0.1) is 5.82 Å². The minimum Gasteiger partial charge on any atom is -0.490 e. The predicted molar refractivity (Wildman–Crippen MR) is 78.4 cm³/mol. The van der Waals surface area contributed by atoms with Crippen LogP contribution in [0.2, 0.25) is 0 Å². The fraction of sp³-hybridized carbons (Fsp3) is 0.250. The van der Waals surface area contributed by atoms with Crippen LogP contribution in [0.3, 0.4) is 0 Å². The second-order valence-electron chi connectivity index (χ2n) is 4.89. The molecule has 1 atom stereocenters. The van der Waals surface area contributed by atoms with Crippen LogP contribution in [-0.2, 0) is 6.42 Å². The topological polar surface area (TPSA) is 49.7 Å². The summed E-state index contributed by atoms with van der Waals surface area (Å²) in [6, 6.07) is 10.8. The van der Waals surface area contributed by atoms with Crippen LogP contribution in [0.15, 0.2) is 46.2 Å². The van der Waals surface area contributed by atoms with Crippen molar-refractivity contribution in [3.8, 4) is 5.75 Å². The van der Waals surface area contributed by atoms with Gasteiger partial charge in [-0.3, -0.25) is 0 Å². The first-order valence-electron chi connectivity index (χ1n) is 6.68. The van der Waals surface area contributed by atoms with Crippen molar-refractivity contribution < 1.29 is 19.3 Å². The van der Waals surface area contributed by atoms with Crippen molar-refractivity contribution in [1.29, 1.82) is 0 Å². The van der Waals surface area contributed by atoms with E-state index >= 15 is 0 Å². The van der Waals surface area contributed by atoms with Crippen LogP contribution in [0.5, 0.6) is 5.75 Å². The molecule has 5 heteroatoms. The maximum atomic E-state index is 14.1. The lowest BCUT2D eigenvalue weighted by atomic mass is 10.0. The van der Waals surface area contributed by atoms with Gasteiger partial charge in [-0.15, -0.1) is 0 Å². The first kappa shape index (κ1) is 14.4. The van der Waals surface area contributed by atoms with E-state index in [1.807, 2.05) is 24.3 Å². The highest BCUT2D eigenvalue weighted by molar-refractivity contribution is 7.99. The van der Waals surface area contributed by atoms with Crippen molar-refractivity contribution in [2.24, 2.45) is 0 Å². The van der Waals surface area contributed by atoms with Crippen molar-refractivity contribution >= 4 is 11.8 Å². The van der Waals surface area contributed by atoms with E-state index in [2.05, 4.69) is 0 Å². The predicted octanol–water partition coefficient (Wildman–Crippen LogP) is 2.61. The van der Waals surface area contributed by atoms with Crippen molar-refractivity contribution in [1.82, 2.24) is 0 Å². The maximum Gasteiger partial charge on any atom is 0.133 e. The SMILES string of the molecule is OCC(O)COc1ccc(F)c2c1Sc1ccccc1C2. The van der Waals surface area contributed by atoms with E-state index in [1.54, 1.807) is 6.07 Å². The molecule has 0 spiro atoms. The molecule has 1 aliphatic rings. The Morgan fingerprint density at radius 1 is 1.24 bits per heavy atom. The van der Waals surface area contributed by atoms with Gasteiger partial charge in [0.2, 0.25) is 0 Å². The number of fused-ring (bicyclic) bond motifs is 2. The Balaban J connectivity index is 1.92. The number of aliphatic hydroxyl groups is 2. The first-order chi connectivity index (χ1) is 10.2. The average molecular weight is 306 g/mol. The summed E-state index contributed by atoms with van der Waals surface area (Å²) in [6.45, 7) is -0.379. The first-order valence-corrected chi connectivity index (χ1v) is 7.49. The molecule has 1 heterocycles. The Morgan fingerprint density at radius 3 is 2.86 bits per heavy atom. The van der Waals surface area contributed by atoms with E-state index in [-0.39, 0.29) is 19.0 Å². The Kier molecular flexibility index (Phi) is 4.14. The molecule has 110 valence electrons. The highest BCUT2D eigenvalue weighted by atomic mass is 32.2. The second kappa shape index (κ2) is 6.05. The molecular weight excluding hydrogens is 291 g/mol. The molecule has 21 heavy (non-hydrogen) atoms. The highest BCUT2D eigenvalue weighted by Crippen LogP contribution is 2.45. The summed E-state index contributed by atoms with van der Waals surface area (Å²) in [6.07, 6.45) is -0.407. The summed E-state index contributed by atoms with van der Waals surface area (Å²) >= 11 is 1.47. The Morgan fingerprint density at radius 2 is 2.05 bits per heavy atom. The van der Waals surface area contributed by atoms with Crippen LogP contribution >= 0.6 is 11.8 Å². The van der Waals surface area contributed by atoms with E-state index < -0.39 is 6.10 Å². The molecule has 0 aliphatic carbocycles. The van der Waals surface area contributed by atoms with Gasteiger partial charge in [0.05, 0.1) is 11.5 Å². The van der Waals surface area contributed by atoms with E-state index in [0.717, 1.165) is 15.4 Å². The van der Waals surface area contributed by atoms with Gasteiger partial charge in [0.15, 0.2) is 0 Å². The lowest BCUT2D eigenvalue weighted by molar-refractivity contribution is 0.0526. The minimum absolute atomic E-state index is 0.0171. The molecule has 1 unspecified atom stereocenters. The molecule has 0 fully saturated rings. The molecule has 0 amide bonds. The number of benzene rings is 2. The fourth-order valence-corrected chi connectivity index (χ4v) is 3.42. The molecule has 3 nitrogen and oxygen atoms in total. The summed E-state index contributed by atoms with van der Waals surface area (Å²) in [7, 11) is 0. The summed E-state index contributed by atoms with van der Waals surface area (Å²) in [5.41, 5.74) is 1.72. The Labute approximate surface area is 126 Å². The number of aliphatic hydroxyl groups excluding tert-OH is 2. The number of hydrogen-bond acceptors (Lipinski definition) is 4. The van der Waals surface area contributed by atoms with Crippen molar-refractivity contribution in [2.45, 2.75) is 22.3 Å². The zero-order valence-corrected chi connectivity index (χ0v) is 12.1. The third-order valence-electron chi connectivity index (χ3n) is 3.36. The monoisotopic (exact) mass is 306 g/mol. The third kappa shape index (κ3) is 2.90. The van der Waals surface area contributed by atoms with Crippen LogP contribution in [-0.4, -0.2) is 29.5 Å². The van der Waals surface area contributed by atoms with Gasteiger partial charge in [0.1, 0.15) is 24.3 Å². The zero-order valence-electron chi connectivity index (χ0n) is 11.3. The Hall–Kier alpha value is -1.56. The van der Waals surface area contributed by atoms with Gasteiger partial charge in [-0.05, 0) is 23.8 Å². The molecule has 0 aromatic heterocycles. The van der Waals surface area contributed by atoms with Gasteiger partial charge in [-0.1, -0.05) is 30.0 Å². The number of hydrogen-bond donors (Lipinski definition) is 2. The second-order valence-corrected chi connectivity index (χ2v) is 5.94. The third-order valence-corrected chi connectivity index (χ3v) is 4.63. The molecule has 0 saturated heterocycles. The standard InChI is InChI=1S/C16H15FO3S/c17-13-5-6-14(20-9-11(19)8-18)16-12(13)7-10-3-1-2-4-15(10)21-16/h1-6,11,18-19H,7-9H2. The summed E-state index contributed by atoms with van der Waals surface area (Å²) in [4.78, 5) is 1.84. The molecule has 3 rings (SSSR count). The van der Waals surface area contributed by atoms with Gasteiger partial charge in [-0.25, -0.2) is 4.39 Å². The minimum atomic E-state index is -0.938. The van der Waals surface area contributed by atoms with E-state index in [1.165, 1.54) is 17.8 Å². The van der Waals surface area contributed by atoms with Crippen molar-refractivity contribution in [3.05, 3.63) is 53.3 Å². The van der Waals surface area contributed by atoms with Crippen LogP contribution in [0.4, 0.5) is 4.39 Å². The molecule has 2 aromatic carbocycles. The van der Waals surface area contributed by atoms with Gasteiger partial charge in [0.25, 0.3) is 0 Å². The largest absolute Gasteiger partial charge is 0.490 e. The van der Waals surface area contributed by atoms with Crippen LogP contribution in [0.25, 0.3) is 0 Å². The molecule has 1 aliphatic heterocycles. The number of ether oxygens (including phenoxy) is 1. The fourth-order valence-electron chi connectivity index (χ4n) is 2.26. The molecule has 0 saturated carbocycles. The molecule has 2 aromatic rings. The lowest BCUT2D eigenvalue weighted by Crippen LogP contribution is -2.21.